The molecule has 1 aromatic carbocycles. The lowest BCUT2D eigenvalue weighted by molar-refractivity contribution is 0.0697. The fourth-order valence-corrected chi connectivity index (χ4v) is 1.52. The van der Waals surface area contributed by atoms with Crippen molar-refractivity contribution in [3.05, 3.63) is 48.0 Å². The highest BCUT2D eigenvalue weighted by atomic mass is 16.4. The van der Waals surface area contributed by atoms with Gasteiger partial charge in [-0.2, -0.15) is 0 Å². The zero-order chi connectivity index (χ0) is 12.3. The van der Waals surface area contributed by atoms with Crippen molar-refractivity contribution in [3.63, 3.8) is 0 Å². The van der Waals surface area contributed by atoms with Crippen LogP contribution in [-0.4, -0.2) is 21.0 Å². The van der Waals surface area contributed by atoms with Crippen LogP contribution in [0.4, 0.5) is 0 Å². The van der Waals surface area contributed by atoms with Crippen molar-refractivity contribution in [1.29, 1.82) is 0 Å². The second-order valence-electron chi connectivity index (χ2n) is 3.63. The molecule has 0 aliphatic rings. The van der Waals surface area contributed by atoms with Crippen LogP contribution < -0.4 is 0 Å². The Balaban J connectivity index is 2.38. The van der Waals surface area contributed by atoms with Crippen molar-refractivity contribution >= 4 is 5.97 Å². The number of hydrogen-bond acceptors (Lipinski definition) is 3. The monoisotopic (exact) mass is 228 g/mol. The van der Waals surface area contributed by atoms with Crippen LogP contribution in [-0.2, 0) is 6.42 Å². The molecule has 1 heterocycles. The van der Waals surface area contributed by atoms with E-state index in [0.29, 0.717) is 0 Å². The number of carboxylic acid groups (broad SMARTS) is 1. The van der Waals surface area contributed by atoms with E-state index in [1.807, 2.05) is 13.0 Å². The highest BCUT2D eigenvalue weighted by molar-refractivity contribution is 5.89. The van der Waals surface area contributed by atoms with Crippen molar-refractivity contribution in [2.24, 2.45) is 0 Å². The third-order valence-electron chi connectivity index (χ3n) is 2.46. The minimum absolute atomic E-state index is 0.266. The summed E-state index contributed by atoms with van der Waals surface area (Å²) >= 11 is 0. The van der Waals surface area contributed by atoms with E-state index in [2.05, 4.69) is 9.97 Å². The SMILES string of the molecule is CCc1ncc(-c2cccc(C(=O)O)c2)cn1. The number of benzene rings is 1. The largest absolute Gasteiger partial charge is 0.478 e. The molecule has 0 aliphatic carbocycles. The third-order valence-corrected chi connectivity index (χ3v) is 2.46. The molecule has 0 spiro atoms. The quantitative estimate of drug-likeness (QED) is 0.876. The van der Waals surface area contributed by atoms with Gasteiger partial charge in [-0.3, -0.25) is 0 Å². The standard InChI is InChI=1S/C13H12N2O2/c1-2-12-14-7-11(8-15-12)9-4-3-5-10(6-9)13(16)17/h3-8H,2H2,1H3,(H,16,17). The number of hydrogen-bond donors (Lipinski definition) is 1. The van der Waals surface area contributed by atoms with Crippen LogP contribution in [0.2, 0.25) is 0 Å². The van der Waals surface area contributed by atoms with Gasteiger partial charge in [-0.1, -0.05) is 19.1 Å². The summed E-state index contributed by atoms with van der Waals surface area (Å²) in [7, 11) is 0. The second kappa shape index (κ2) is 4.74. The molecule has 4 nitrogen and oxygen atoms in total. The van der Waals surface area contributed by atoms with Crippen LogP contribution in [0.15, 0.2) is 36.7 Å². The van der Waals surface area contributed by atoms with Crippen molar-refractivity contribution in [2.75, 3.05) is 0 Å². The molecule has 0 atom stereocenters. The molecule has 0 fully saturated rings. The van der Waals surface area contributed by atoms with Gasteiger partial charge in [-0.15, -0.1) is 0 Å². The predicted molar refractivity (Wildman–Crippen MR) is 63.8 cm³/mol. The summed E-state index contributed by atoms with van der Waals surface area (Å²) in [4.78, 5) is 19.2. The van der Waals surface area contributed by atoms with Gasteiger partial charge in [0.1, 0.15) is 5.82 Å². The van der Waals surface area contributed by atoms with Crippen LogP contribution >= 0.6 is 0 Å². The molecular formula is C13H12N2O2. The third kappa shape index (κ3) is 2.47. The first-order chi connectivity index (χ1) is 8.20. The van der Waals surface area contributed by atoms with Gasteiger partial charge in [0.05, 0.1) is 5.56 Å². The average molecular weight is 228 g/mol. The number of carboxylic acids is 1. The number of rotatable bonds is 3. The Morgan fingerprint density at radius 1 is 1.24 bits per heavy atom. The maximum atomic E-state index is 10.9. The minimum atomic E-state index is -0.932. The predicted octanol–water partition coefficient (Wildman–Crippen LogP) is 2.40. The van der Waals surface area contributed by atoms with Crippen LogP contribution in [0.5, 0.6) is 0 Å². The summed E-state index contributed by atoms with van der Waals surface area (Å²) in [6.07, 6.45) is 4.22. The zero-order valence-electron chi connectivity index (χ0n) is 9.42. The van der Waals surface area contributed by atoms with E-state index in [-0.39, 0.29) is 5.56 Å². The lowest BCUT2D eigenvalue weighted by Crippen LogP contribution is -1.96. The Morgan fingerprint density at radius 3 is 2.53 bits per heavy atom. The van der Waals surface area contributed by atoms with Gasteiger partial charge < -0.3 is 5.11 Å². The van der Waals surface area contributed by atoms with Gasteiger partial charge in [-0.25, -0.2) is 14.8 Å². The van der Waals surface area contributed by atoms with Gasteiger partial charge in [0.2, 0.25) is 0 Å². The van der Waals surface area contributed by atoms with E-state index in [9.17, 15) is 4.79 Å². The Kier molecular flexibility index (Phi) is 3.14. The van der Waals surface area contributed by atoms with E-state index < -0.39 is 5.97 Å². The average Bonchev–Trinajstić information content (AvgIpc) is 2.39. The lowest BCUT2D eigenvalue weighted by atomic mass is 10.1. The Morgan fingerprint density at radius 2 is 1.94 bits per heavy atom. The number of nitrogens with zero attached hydrogens (tertiary/aromatic N) is 2. The molecule has 0 unspecified atom stereocenters. The fourth-order valence-electron chi connectivity index (χ4n) is 1.52. The van der Waals surface area contributed by atoms with Crippen molar-refractivity contribution in [1.82, 2.24) is 9.97 Å². The highest BCUT2D eigenvalue weighted by Crippen LogP contribution is 2.18. The van der Waals surface area contributed by atoms with Crippen LogP contribution in [0.3, 0.4) is 0 Å². The molecule has 2 aromatic rings. The molecular weight excluding hydrogens is 216 g/mol. The van der Waals surface area contributed by atoms with Crippen molar-refractivity contribution in [3.8, 4) is 11.1 Å². The van der Waals surface area contributed by atoms with E-state index in [4.69, 9.17) is 5.11 Å². The van der Waals surface area contributed by atoms with Crippen molar-refractivity contribution < 1.29 is 9.90 Å². The first-order valence-corrected chi connectivity index (χ1v) is 5.35. The van der Waals surface area contributed by atoms with Gasteiger partial charge in [0.15, 0.2) is 0 Å². The van der Waals surface area contributed by atoms with Gasteiger partial charge in [0, 0.05) is 24.4 Å². The summed E-state index contributed by atoms with van der Waals surface area (Å²) in [6, 6.07) is 6.74. The summed E-state index contributed by atoms with van der Waals surface area (Å²) in [5.41, 5.74) is 1.90. The van der Waals surface area contributed by atoms with E-state index in [0.717, 1.165) is 23.4 Å². The topological polar surface area (TPSA) is 63.1 Å². The highest BCUT2D eigenvalue weighted by Gasteiger charge is 2.05. The fraction of sp³-hybridized carbons (Fsp3) is 0.154. The molecule has 1 N–H and O–H groups in total. The smallest absolute Gasteiger partial charge is 0.335 e. The Hall–Kier alpha value is -2.23. The molecule has 4 heteroatoms. The minimum Gasteiger partial charge on any atom is -0.478 e. The van der Waals surface area contributed by atoms with Crippen molar-refractivity contribution in [2.45, 2.75) is 13.3 Å². The van der Waals surface area contributed by atoms with E-state index in [1.165, 1.54) is 0 Å². The molecule has 0 aliphatic heterocycles. The molecule has 17 heavy (non-hydrogen) atoms. The summed E-state index contributed by atoms with van der Waals surface area (Å²) in [6.45, 7) is 1.99. The van der Waals surface area contributed by atoms with Gasteiger partial charge >= 0.3 is 5.97 Å². The lowest BCUT2D eigenvalue weighted by Gasteiger charge is -2.03. The van der Waals surface area contributed by atoms with Crippen LogP contribution in [0.1, 0.15) is 23.1 Å². The Bertz CT molecular complexity index is 535. The number of carbonyl (C=O) groups is 1. The molecule has 2 rings (SSSR count). The molecule has 0 saturated carbocycles. The molecule has 0 bridgehead atoms. The maximum Gasteiger partial charge on any atom is 0.335 e. The Labute approximate surface area is 99.0 Å². The second-order valence-corrected chi connectivity index (χ2v) is 3.63. The van der Waals surface area contributed by atoms with E-state index >= 15 is 0 Å². The molecule has 0 saturated heterocycles. The summed E-state index contributed by atoms with van der Waals surface area (Å²) < 4.78 is 0. The van der Waals surface area contributed by atoms with E-state index in [1.54, 1.807) is 30.6 Å². The normalized spacial score (nSPS) is 10.2. The molecule has 1 aromatic heterocycles. The molecule has 86 valence electrons. The molecule has 0 radical (unpaired) electrons. The van der Waals surface area contributed by atoms with Crippen LogP contribution in [0.25, 0.3) is 11.1 Å². The van der Waals surface area contributed by atoms with Gasteiger partial charge in [-0.05, 0) is 17.7 Å². The first-order valence-electron chi connectivity index (χ1n) is 5.35. The number of aromatic nitrogens is 2. The van der Waals surface area contributed by atoms with Crippen LogP contribution in [0, 0.1) is 0 Å². The van der Waals surface area contributed by atoms with Gasteiger partial charge in [0.25, 0.3) is 0 Å². The maximum absolute atomic E-state index is 10.9. The zero-order valence-corrected chi connectivity index (χ0v) is 9.42. The number of aromatic carboxylic acids is 1. The number of aryl methyl sites for hydroxylation is 1. The molecule has 0 amide bonds. The first kappa shape index (κ1) is 11.3. The summed E-state index contributed by atoms with van der Waals surface area (Å²) in [5.74, 6) is -0.152. The summed E-state index contributed by atoms with van der Waals surface area (Å²) in [5, 5.41) is 8.91.